The first-order valence-corrected chi connectivity index (χ1v) is 6.60. The molecule has 0 aliphatic carbocycles. The van der Waals surface area contributed by atoms with E-state index in [9.17, 15) is 4.79 Å². The van der Waals surface area contributed by atoms with Gasteiger partial charge in [0.05, 0.1) is 5.54 Å². The quantitative estimate of drug-likeness (QED) is 0.867. The minimum Gasteiger partial charge on any atom is -0.337 e. The first-order chi connectivity index (χ1) is 8.49. The Kier molecular flexibility index (Phi) is 3.71. The molecule has 1 saturated heterocycles. The molecule has 0 spiro atoms. The zero-order valence-corrected chi connectivity index (χ0v) is 11.4. The summed E-state index contributed by atoms with van der Waals surface area (Å²) >= 11 is 0. The standard InChI is InChI=1S/C15H22N2O/c1-12-9-10-17(14(18)15(2,3)16-12)11-13-7-5-4-6-8-13/h4-8,12,16H,9-11H2,1-3H3. The number of carbonyl (C=O) groups is 1. The van der Waals surface area contributed by atoms with Crippen LogP contribution in [0.15, 0.2) is 30.3 Å². The van der Waals surface area contributed by atoms with Gasteiger partial charge in [-0.2, -0.15) is 0 Å². The van der Waals surface area contributed by atoms with E-state index in [4.69, 9.17) is 0 Å². The highest BCUT2D eigenvalue weighted by Crippen LogP contribution is 2.18. The normalized spacial score (nSPS) is 23.8. The molecule has 1 amide bonds. The summed E-state index contributed by atoms with van der Waals surface area (Å²) in [6, 6.07) is 10.6. The van der Waals surface area contributed by atoms with Crippen molar-refractivity contribution in [2.45, 2.75) is 45.3 Å². The Labute approximate surface area is 109 Å². The van der Waals surface area contributed by atoms with Crippen LogP contribution in [0.3, 0.4) is 0 Å². The third-order valence-corrected chi connectivity index (χ3v) is 3.48. The zero-order chi connectivity index (χ0) is 13.2. The smallest absolute Gasteiger partial charge is 0.242 e. The fourth-order valence-corrected chi connectivity index (χ4v) is 2.55. The van der Waals surface area contributed by atoms with Crippen LogP contribution in [0.25, 0.3) is 0 Å². The highest BCUT2D eigenvalue weighted by molar-refractivity contribution is 5.85. The molecule has 1 unspecified atom stereocenters. The molecular weight excluding hydrogens is 224 g/mol. The maximum atomic E-state index is 12.5. The van der Waals surface area contributed by atoms with Crippen molar-refractivity contribution in [2.75, 3.05) is 6.54 Å². The molecule has 3 heteroatoms. The second-order valence-electron chi connectivity index (χ2n) is 5.67. The predicted octanol–water partition coefficient (Wildman–Crippen LogP) is 2.18. The van der Waals surface area contributed by atoms with Gasteiger partial charge in [-0.15, -0.1) is 0 Å². The van der Waals surface area contributed by atoms with Gasteiger partial charge in [-0.05, 0) is 32.8 Å². The monoisotopic (exact) mass is 246 g/mol. The van der Waals surface area contributed by atoms with Crippen LogP contribution in [0.4, 0.5) is 0 Å². The van der Waals surface area contributed by atoms with Crippen molar-refractivity contribution in [1.82, 2.24) is 10.2 Å². The van der Waals surface area contributed by atoms with Crippen LogP contribution in [-0.2, 0) is 11.3 Å². The molecule has 1 atom stereocenters. The Bertz CT molecular complexity index is 414. The van der Waals surface area contributed by atoms with E-state index >= 15 is 0 Å². The molecule has 1 fully saturated rings. The Morgan fingerprint density at radius 3 is 2.67 bits per heavy atom. The Morgan fingerprint density at radius 1 is 1.33 bits per heavy atom. The molecular formula is C15H22N2O. The van der Waals surface area contributed by atoms with Gasteiger partial charge in [0.2, 0.25) is 5.91 Å². The minimum absolute atomic E-state index is 0.190. The predicted molar refractivity (Wildman–Crippen MR) is 73.2 cm³/mol. The van der Waals surface area contributed by atoms with Crippen molar-refractivity contribution in [3.05, 3.63) is 35.9 Å². The van der Waals surface area contributed by atoms with Gasteiger partial charge >= 0.3 is 0 Å². The van der Waals surface area contributed by atoms with Gasteiger partial charge in [0.15, 0.2) is 0 Å². The third-order valence-electron chi connectivity index (χ3n) is 3.48. The summed E-state index contributed by atoms with van der Waals surface area (Å²) in [6.07, 6.45) is 1.00. The van der Waals surface area contributed by atoms with Crippen molar-refractivity contribution in [2.24, 2.45) is 0 Å². The summed E-state index contributed by atoms with van der Waals surface area (Å²) in [4.78, 5) is 14.4. The average molecular weight is 246 g/mol. The molecule has 0 saturated carbocycles. The van der Waals surface area contributed by atoms with Crippen molar-refractivity contribution < 1.29 is 4.79 Å². The molecule has 0 radical (unpaired) electrons. The molecule has 3 nitrogen and oxygen atoms in total. The van der Waals surface area contributed by atoms with Gasteiger partial charge in [-0.1, -0.05) is 30.3 Å². The fourth-order valence-electron chi connectivity index (χ4n) is 2.55. The maximum absolute atomic E-state index is 12.5. The SMILES string of the molecule is CC1CCN(Cc2ccccc2)C(=O)C(C)(C)N1. The van der Waals surface area contributed by atoms with E-state index in [0.29, 0.717) is 12.6 Å². The van der Waals surface area contributed by atoms with E-state index in [1.54, 1.807) is 0 Å². The van der Waals surface area contributed by atoms with Crippen molar-refractivity contribution in [1.29, 1.82) is 0 Å². The lowest BCUT2D eigenvalue weighted by Gasteiger charge is -2.29. The van der Waals surface area contributed by atoms with Crippen LogP contribution >= 0.6 is 0 Å². The highest BCUT2D eigenvalue weighted by Gasteiger charge is 2.35. The summed E-state index contributed by atoms with van der Waals surface area (Å²) < 4.78 is 0. The van der Waals surface area contributed by atoms with Crippen molar-refractivity contribution in [3.8, 4) is 0 Å². The maximum Gasteiger partial charge on any atom is 0.242 e. The van der Waals surface area contributed by atoms with Crippen molar-refractivity contribution >= 4 is 5.91 Å². The number of hydrogen-bond donors (Lipinski definition) is 1. The van der Waals surface area contributed by atoms with Gasteiger partial charge in [-0.25, -0.2) is 0 Å². The van der Waals surface area contributed by atoms with Gasteiger partial charge in [0.1, 0.15) is 0 Å². The molecule has 98 valence electrons. The van der Waals surface area contributed by atoms with Gasteiger partial charge in [0.25, 0.3) is 0 Å². The second kappa shape index (κ2) is 5.11. The molecule has 0 aromatic heterocycles. The van der Waals surface area contributed by atoms with Gasteiger partial charge in [-0.3, -0.25) is 4.79 Å². The minimum atomic E-state index is -0.468. The van der Waals surface area contributed by atoms with E-state index in [1.807, 2.05) is 36.9 Å². The number of amides is 1. The lowest BCUT2D eigenvalue weighted by Crippen LogP contribution is -2.53. The lowest BCUT2D eigenvalue weighted by molar-refractivity contribution is -0.136. The topological polar surface area (TPSA) is 32.3 Å². The Morgan fingerprint density at radius 2 is 2.00 bits per heavy atom. The third kappa shape index (κ3) is 2.91. The van der Waals surface area contributed by atoms with Gasteiger partial charge in [0, 0.05) is 19.1 Å². The summed E-state index contributed by atoms with van der Waals surface area (Å²) in [5.74, 6) is 0.190. The van der Waals surface area contributed by atoms with E-state index in [-0.39, 0.29) is 5.91 Å². The summed E-state index contributed by atoms with van der Waals surface area (Å²) in [6.45, 7) is 7.61. The molecule has 1 N–H and O–H groups in total. The number of carbonyl (C=O) groups excluding carboxylic acids is 1. The van der Waals surface area contributed by atoms with Gasteiger partial charge < -0.3 is 10.2 Å². The van der Waals surface area contributed by atoms with Crippen LogP contribution in [-0.4, -0.2) is 28.9 Å². The number of nitrogens with zero attached hydrogens (tertiary/aromatic N) is 1. The summed E-state index contributed by atoms with van der Waals surface area (Å²) in [7, 11) is 0. The van der Waals surface area contributed by atoms with Crippen LogP contribution < -0.4 is 5.32 Å². The van der Waals surface area contributed by atoms with Crippen LogP contribution in [0, 0.1) is 0 Å². The first kappa shape index (κ1) is 13.1. The van der Waals surface area contributed by atoms with Crippen molar-refractivity contribution in [3.63, 3.8) is 0 Å². The highest BCUT2D eigenvalue weighted by atomic mass is 16.2. The van der Waals surface area contributed by atoms with Crippen LogP contribution in [0.5, 0.6) is 0 Å². The Balaban J connectivity index is 2.14. The van der Waals surface area contributed by atoms with E-state index in [0.717, 1.165) is 13.0 Å². The lowest BCUT2D eigenvalue weighted by atomic mass is 10.0. The van der Waals surface area contributed by atoms with E-state index in [2.05, 4.69) is 24.4 Å². The Hall–Kier alpha value is -1.35. The molecule has 1 aliphatic rings. The second-order valence-corrected chi connectivity index (χ2v) is 5.67. The molecule has 0 bridgehead atoms. The number of nitrogens with one attached hydrogen (secondary N) is 1. The average Bonchev–Trinajstić information content (AvgIpc) is 2.42. The van der Waals surface area contributed by atoms with Crippen LogP contribution in [0.1, 0.15) is 32.8 Å². The molecule has 1 aromatic rings. The number of benzene rings is 1. The summed E-state index contributed by atoms with van der Waals surface area (Å²) in [5.41, 5.74) is 0.723. The molecule has 1 heterocycles. The number of hydrogen-bond acceptors (Lipinski definition) is 2. The van der Waals surface area contributed by atoms with Crippen LogP contribution in [0.2, 0.25) is 0 Å². The summed E-state index contributed by atoms with van der Waals surface area (Å²) in [5, 5.41) is 3.39. The van der Waals surface area contributed by atoms with E-state index in [1.165, 1.54) is 5.56 Å². The largest absolute Gasteiger partial charge is 0.337 e. The molecule has 2 rings (SSSR count). The molecule has 18 heavy (non-hydrogen) atoms. The van der Waals surface area contributed by atoms with E-state index < -0.39 is 5.54 Å². The fraction of sp³-hybridized carbons (Fsp3) is 0.533. The number of rotatable bonds is 2. The molecule has 1 aromatic carbocycles. The molecule has 1 aliphatic heterocycles. The zero-order valence-electron chi connectivity index (χ0n) is 11.4. The first-order valence-electron chi connectivity index (χ1n) is 6.60.